The monoisotopic (exact) mass is 315 g/mol. The predicted molar refractivity (Wildman–Crippen MR) is 91.2 cm³/mol. The van der Waals surface area contributed by atoms with Crippen LogP contribution in [0.4, 0.5) is 0 Å². The number of amides is 1. The van der Waals surface area contributed by atoms with Gasteiger partial charge in [0.1, 0.15) is 6.04 Å². The average molecular weight is 315 g/mol. The molecule has 1 saturated heterocycles. The molecule has 1 aliphatic heterocycles. The lowest BCUT2D eigenvalue weighted by Crippen LogP contribution is -2.47. The van der Waals surface area contributed by atoms with E-state index in [2.05, 4.69) is 26.0 Å². The Morgan fingerprint density at radius 3 is 2.57 bits per heavy atom. The lowest BCUT2D eigenvalue weighted by atomic mass is 10.0. The van der Waals surface area contributed by atoms with Crippen LogP contribution in [0.15, 0.2) is 30.3 Å². The molecule has 0 bridgehead atoms. The van der Waals surface area contributed by atoms with E-state index >= 15 is 0 Å². The lowest BCUT2D eigenvalue weighted by Gasteiger charge is -2.32. The minimum atomic E-state index is -0.897. The maximum absolute atomic E-state index is 12.3. The molecule has 0 aromatic heterocycles. The first-order valence-corrected chi connectivity index (χ1v) is 8.28. The van der Waals surface area contributed by atoms with E-state index in [1.165, 1.54) is 10.5 Å². The average Bonchev–Trinajstić information content (AvgIpc) is 2.55. The van der Waals surface area contributed by atoms with Gasteiger partial charge in [-0.1, -0.05) is 50.3 Å². The van der Waals surface area contributed by atoms with E-state index in [0.29, 0.717) is 18.9 Å². The molecular weight excluding hydrogens is 290 g/mol. The number of carbonyl (C=O) groups excluding carboxylic acids is 1. The molecule has 124 valence electrons. The van der Waals surface area contributed by atoms with Gasteiger partial charge in [0.25, 0.3) is 0 Å². The topological polar surface area (TPSA) is 57.6 Å². The number of piperidine rings is 1. The first-order chi connectivity index (χ1) is 11.0. The van der Waals surface area contributed by atoms with E-state index in [9.17, 15) is 14.7 Å². The van der Waals surface area contributed by atoms with Crippen molar-refractivity contribution < 1.29 is 14.7 Å². The molecule has 1 fully saturated rings. The van der Waals surface area contributed by atoms with Crippen LogP contribution in [0.3, 0.4) is 0 Å². The zero-order chi connectivity index (χ0) is 16.8. The highest BCUT2D eigenvalue weighted by molar-refractivity contribution is 5.85. The number of hydrogen-bond acceptors (Lipinski definition) is 2. The zero-order valence-electron chi connectivity index (χ0n) is 13.9. The van der Waals surface area contributed by atoms with Crippen molar-refractivity contribution in [1.82, 2.24) is 4.90 Å². The normalized spacial score (nSPS) is 18.6. The smallest absolute Gasteiger partial charge is 0.326 e. The van der Waals surface area contributed by atoms with Gasteiger partial charge < -0.3 is 10.0 Å². The summed E-state index contributed by atoms with van der Waals surface area (Å²) in [6.07, 6.45) is 6.30. The summed E-state index contributed by atoms with van der Waals surface area (Å²) in [6, 6.07) is 7.61. The quantitative estimate of drug-likeness (QED) is 0.901. The molecule has 4 nitrogen and oxygen atoms in total. The predicted octanol–water partition coefficient (Wildman–Crippen LogP) is 3.68. The number of carboxylic acids is 1. The molecule has 0 radical (unpaired) electrons. The second-order valence-electron chi connectivity index (χ2n) is 6.36. The molecular formula is C19H25NO3. The Hall–Kier alpha value is -2.10. The first-order valence-electron chi connectivity index (χ1n) is 8.28. The number of nitrogens with zero attached hydrogens (tertiary/aromatic N) is 1. The number of likely N-dealkylation sites (tertiary alicyclic amines) is 1. The molecule has 1 amide bonds. The van der Waals surface area contributed by atoms with Crippen molar-refractivity contribution in [3.05, 3.63) is 41.5 Å². The molecule has 4 heteroatoms. The molecule has 2 rings (SSSR count). The zero-order valence-corrected chi connectivity index (χ0v) is 13.9. The Morgan fingerprint density at radius 2 is 1.96 bits per heavy atom. The third kappa shape index (κ3) is 4.68. The SMILES string of the molecule is CC(C)c1ccc(/C=C/CC(=O)N2CCCC[C@@H]2C(=O)O)cc1. The second kappa shape index (κ2) is 7.95. The molecule has 0 spiro atoms. The van der Waals surface area contributed by atoms with Gasteiger partial charge in [-0.25, -0.2) is 4.79 Å². The van der Waals surface area contributed by atoms with E-state index < -0.39 is 12.0 Å². The van der Waals surface area contributed by atoms with Crippen molar-refractivity contribution in [3.8, 4) is 0 Å². The highest BCUT2D eigenvalue weighted by Crippen LogP contribution is 2.19. The second-order valence-corrected chi connectivity index (χ2v) is 6.36. The van der Waals surface area contributed by atoms with Crippen molar-refractivity contribution in [3.63, 3.8) is 0 Å². The Labute approximate surface area is 137 Å². The lowest BCUT2D eigenvalue weighted by molar-refractivity contribution is -0.151. The summed E-state index contributed by atoms with van der Waals surface area (Å²) in [4.78, 5) is 25.0. The van der Waals surface area contributed by atoms with Crippen LogP contribution in [0.5, 0.6) is 0 Å². The number of benzene rings is 1. The Balaban J connectivity index is 1.93. The van der Waals surface area contributed by atoms with Crippen LogP contribution in [0.1, 0.15) is 56.6 Å². The molecule has 1 N–H and O–H groups in total. The van der Waals surface area contributed by atoms with E-state index in [-0.39, 0.29) is 12.3 Å². The summed E-state index contributed by atoms with van der Waals surface area (Å²) in [5.74, 6) is -0.500. The van der Waals surface area contributed by atoms with Gasteiger partial charge >= 0.3 is 5.97 Å². The van der Waals surface area contributed by atoms with Crippen LogP contribution in [0.25, 0.3) is 6.08 Å². The molecule has 0 saturated carbocycles. The highest BCUT2D eigenvalue weighted by atomic mass is 16.4. The largest absolute Gasteiger partial charge is 0.480 e. The van der Waals surface area contributed by atoms with Crippen molar-refractivity contribution in [2.75, 3.05) is 6.54 Å². The Bertz CT molecular complexity index is 575. The summed E-state index contributed by atoms with van der Waals surface area (Å²) in [7, 11) is 0. The fourth-order valence-electron chi connectivity index (χ4n) is 2.89. The van der Waals surface area contributed by atoms with Crippen molar-refractivity contribution in [2.45, 2.75) is 51.5 Å². The number of aliphatic carboxylic acids is 1. The van der Waals surface area contributed by atoms with Gasteiger partial charge in [0.2, 0.25) is 5.91 Å². The molecule has 0 aliphatic carbocycles. The van der Waals surface area contributed by atoms with Gasteiger partial charge in [-0.3, -0.25) is 4.79 Å². The molecule has 23 heavy (non-hydrogen) atoms. The van der Waals surface area contributed by atoms with Crippen molar-refractivity contribution >= 4 is 18.0 Å². The molecule has 1 heterocycles. The molecule has 1 aromatic carbocycles. The minimum absolute atomic E-state index is 0.104. The third-order valence-corrected chi connectivity index (χ3v) is 4.31. The number of hydrogen-bond donors (Lipinski definition) is 1. The van der Waals surface area contributed by atoms with Crippen LogP contribution < -0.4 is 0 Å². The van der Waals surface area contributed by atoms with Crippen LogP contribution in [0, 0.1) is 0 Å². The van der Waals surface area contributed by atoms with Crippen LogP contribution >= 0.6 is 0 Å². The van der Waals surface area contributed by atoms with Crippen molar-refractivity contribution in [2.24, 2.45) is 0 Å². The van der Waals surface area contributed by atoms with Crippen LogP contribution in [-0.2, 0) is 9.59 Å². The summed E-state index contributed by atoms with van der Waals surface area (Å²) >= 11 is 0. The number of carboxylic acid groups (broad SMARTS) is 1. The highest BCUT2D eigenvalue weighted by Gasteiger charge is 2.31. The van der Waals surface area contributed by atoms with Gasteiger partial charge in [0.05, 0.1) is 0 Å². The minimum Gasteiger partial charge on any atom is -0.480 e. The fourth-order valence-corrected chi connectivity index (χ4v) is 2.89. The van der Waals surface area contributed by atoms with Gasteiger partial charge in [0.15, 0.2) is 0 Å². The fraction of sp³-hybridized carbons (Fsp3) is 0.474. The summed E-state index contributed by atoms with van der Waals surface area (Å²) < 4.78 is 0. The van der Waals surface area contributed by atoms with E-state index in [1.807, 2.05) is 24.3 Å². The molecule has 0 unspecified atom stereocenters. The summed E-state index contributed by atoms with van der Waals surface area (Å²) in [5.41, 5.74) is 2.34. The van der Waals surface area contributed by atoms with Crippen molar-refractivity contribution in [1.29, 1.82) is 0 Å². The maximum Gasteiger partial charge on any atom is 0.326 e. The standard InChI is InChI=1S/C19H25NO3/c1-14(2)16-11-9-15(10-12-16)6-5-8-18(21)20-13-4-3-7-17(20)19(22)23/h5-6,9-12,14,17H,3-4,7-8,13H2,1-2H3,(H,22,23)/b6-5+/t17-/m1/s1. The van der Waals surface area contributed by atoms with E-state index in [4.69, 9.17) is 0 Å². The first kappa shape index (κ1) is 17.3. The van der Waals surface area contributed by atoms with Gasteiger partial charge in [-0.05, 0) is 36.3 Å². The van der Waals surface area contributed by atoms with Crippen LogP contribution in [-0.4, -0.2) is 34.5 Å². The van der Waals surface area contributed by atoms with E-state index in [0.717, 1.165) is 18.4 Å². The molecule has 1 aromatic rings. The Morgan fingerprint density at radius 1 is 1.26 bits per heavy atom. The van der Waals surface area contributed by atoms with Crippen LogP contribution in [0.2, 0.25) is 0 Å². The number of rotatable bonds is 5. The summed E-state index contributed by atoms with van der Waals surface area (Å²) in [6.45, 7) is 4.86. The van der Waals surface area contributed by atoms with Gasteiger partial charge in [-0.2, -0.15) is 0 Å². The van der Waals surface area contributed by atoms with Gasteiger partial charge in [-0.15, -0.1) is 0 Å². The third-order valence-electron chi connectivity index (χ3n) is 4.31. The van der Waals surface area contributed by atoms with E-state index in [1.54, 1.807) is 0 Å². The Kier molecular flexibility index (Phi) is 5.97. The summed E-state index contributed by atoms with van der Waals surface area (Å²) in [5, 5.41) is 9.22. The molecule has 1 aliphatic rings. The number of carbonyl (C=O) groups is 2. The van der Waals surface area contributed by atoms with Gasteiger partial charge in [0, 0.05) is 13.0 Å². The maximum atomic E-state index is 12.3. The molecule has 1 atom stereocenters.